The number of hydrogen-bond donors (Lipinski definition) is 3. The van der Waals surface area contributed by atoms with Crippen molar-refractivity contribution >= 4 is 22.6 Å². The smallest absolute Gasteiger partial charge is 0.186 e. The van der Waals surface area contributed by atoms with Crippen molar-refractivity contribution in [3.05, 3.63) is 0 Å². The molecule has 0 saturated carbocycles. The van der Waals surface area contributed by atoms with E-state index in [1.807, 2.05) is 22.6 Å². The first-order valence-electron chi connectivity index (χ1n) is 4.50. The summed E-state index contributed by atoms with van der Waals surface area (Å²) in [4.78, 5) is 0. The molecule has 1 unspecified atom stereocenters. The van der Waals surface area contributed by atoms with Crippen LogP contribution in [0.4, 0.5) is 0 Å². The van der Waals surface area contributed by atoms with Crippen LogP contribution in [-0.2, 0) is 9.47 Å². The number of alkyl halides is 1. The molecule has 1 rings (SSSR count). The molecule has 1 aliphatic heterocycles. The average Bonchev–Trinajstić information content (AvgIpc) is 2.19. The van der Waals surface area contributed by atoms with E-state index in [9.17, 15) is 10.2 Å². The molecule has 0 amide bonds. The van der Waals surface area contributed by atoms with Crippen molar-refractivity contribution in [3.8, 4) is 0 Å². The molecule has 0 aliphatic carbocycles. The molecule has 14 heavy (non-hydrogen) atoms. The third kappa shape index (κ3) is 2.56. The second-order valence-corrected chi connectivity index (χ2v) is 4.54. The maximum Gasteiger partial charge on any atom is 0.186 e. The SMILES string of the molecule is CCOC1O[C@H](CO)[C@@H]([123I])[C@H](O)[C@H]1O. The average molecular weight is 314 g/mol. The maximum absolute atomic E-state index is 9.62. The molecule has 1 aliphatic rings. The molecule has 5 atom stereocenters. The molecular formula is C8H15IO5. The number of aliphatic hydroxyl groups is 3. The van der Waals surface area contributed by atoms with Gasteiger partial charge in [-0.2, -0.15) is 0 Å². The minimum Gasteiger partial charge on any atom is -0.394 e. The molecule has 0 bridgehead atoms. The largest absolute Gasteiger partial charge is 0.394 e. The van der Waals surface area contributed by atoms with Crippen LogP contribution in [0.1, 0.15) is 6.92 Å². The van der Waals surface area contributed by atoms with Gasteiger partial charge in [-0.15, -0.1) is 0 Å². The van der Waals surface area contributed by atoms with Gasteiger partial charge < -0.3 is 24.8 Å². The van der Waals surface area contributed by atoms with Crippen LogP contribution < -0.4 is 0 Å². The summed E-state index contributed by atoms with van der Waals surface area (Å²) in [5.74, 6) is 0. The van der Waals surface area contributed by atoms with Gasteiger partial charge in [-0.25, -0.2) is 0 Å². The van der Waals surface area contributed by atoms with Crippen molar-refractivity contribution in [2.75, 3.05) is 13.2 Å². The van der Waals surface area contributed by atoms with E-state index in [0.717, 1.165) is 0 Å². The van der Waals surface area contributed by atoms with Crippen LogP contribution in [-0.4, -0.2) is 57.1 Å². The molecule has 0 aromatic carbocycles. The Hall–Kier alpha value is 0.530. The Balaban J connectivity index is 2.63. The summed E-state index contributed by atoms with van der Waals surface area (Å²) in [5, 5.41) is 28.2. The normalized spacial score (nSPS) is 43.9. The summed E-state index contributed by atoms with van der Waals surface area (Å²) < 4.78 is 10.1. The van der Waals surface area contributed by atoms with E-state index in [1.54, 1.807) is 6.92 Å². The van der Waals surface area contributed by atoms with Crippen molar-refractivity contribution in [1.82, 2.24) is 0 Å². The monoisotopic (exact) mass is 314 g/mol. The molecule has 5 nitrogen and oxygen atoms in total. The highest BCUT2D eigenvalue weighted by molar-refractivity contribution is 14.1. The van der Waals surface area contributed by atoms with E-state index in [-0.39, 0.29) is 10.5 Å². The molecule has 3 N–H and O–H groups in total. The summed E-state index contributed by atoms with van der Waals surface area (Å²) in [5.41, 5.74) is 0. The minimum atomic E-state index is -1.06. The highest BCUT2D eigenvalue weighted by atomic mass is 123. The second-order valence-electron chi connectivity index (χ2n) is 3.11. The van der Waals surface area contributed by atoms with E-state index in [1.165, 1.54) is 0 Å². The number of hydrogen-bond acceptors (Lipinski definition) is 5. The lowest BCUT2D eigenvalue weighted by molar-refractivity contribution is -0.264. The van der Waals surface area contributed by atoms with E-state index in [0.29, 0.717) is 6.61 Å². The van der Waals surface area contributed by atoms with Crippen LogP contribution in [0, 0.1) is 0 Å². The molecule has 0 spiro atoms. The second kappa shape index (κ2) is 5.57. The van der Waals surface area contributed by atoms with Crippen LogP contribution in [0.25, 0.3) is 0 Å². The maximum atomic E-state index is 9.62. The van der Waals surface area contributed by atoms with Crippen molar-refractivity contribution in [1.29, 1.82) is 0 Å². The van der Waals surface area contributed by atoms with Gasteiger partial charge in [-0.1, -0.05) is 22.6 Å². The lowest BCUT2D eigenvalue weighted by Crippen LogP contribution is -2.56. The molecule has 1 saturated heterocycles. The van der Waals surface area contributed by atoms with Crippen molar-refractivity contribution in [3.63, 3.8) is 0 Å². The lowest BCUT2D eigenvalue weighted by Gasteiger charge is -2.39. The van der Waals surface area contributed by atoms with Gasteiger partial charge >= 0.3 is 0 Å². The van der Waals surface area contributed by atoms with Crippen LogP contribution in [0.15, 0.2) is 0 Å². The molecule has 6 heteroatoms. The Morgan fingerprint density at radius 3 is 2.50 bits per heavy atom. The summed E-state index contributed by atoms with van der Waals surface area (Å²) >= 11 is 1.95. The predicted octanol–water partition coefficient (Wildman–Crippen LogP) is -0.735. The van der Waals surface area contributed by atoms with E-state index >= 15 is 0 Å². The van der Waals surface area contributed by atoms with Gasteiger partial charge in [0.2, 0.25) is 0 Å². The van der Waals surface area contributed by atoms with Gasteiger partial charge in [0.1, 0.15) is 6.10 Å². The zero-order valence-electron chi connectivity index (χ0n) is 7.84. The quantitative estimate of drug-likeness (QED) is 0.473. The van der Waals surface area contributed by atoms with Crippen molar-refractivity contribution in [2.45, 2.75) is 35.5 Å². The molecule has 1 fully saturated rings. The Morgan fingerprint density at radius 2 is 2.00 bits per heavy atom. The summed E-state index contributed by atoms with van der Waals surface area (Å²) in [6.07, 6.45) is -3.33. The van der Waals surface area contributed by atoms with Crippen molar-refractivity contribution < 1.29 is 24.8 Å². The first-order chi connectivity index (χ1) is 6.61. The van der Waals surface area contributed by atoms with E-state index in [4.69, 9.17) is 14.6 Å². The van der Waals surface area contributed by atoms with Gasteiger partial charge in [0.15, 0.2) is 6.29 Å². The lowest BCUT2D eigenvalue weighted by atomic mass is 10.0. The van der Waals surface area contributed by atoms with Gasteiger partial charge in [-0.05, 0) is 6.92 Å². The van der Waals surface area contributed by atoms with Gasteiger partial charge in [0.05, 0.1) is 22.7 Å². The predicted molar refractivity (Wildman–Crippen MR) is 57.2 cm³/mol. The number of aliphatic hydroxyl groups excluding tert-OH is 3. The first-order valence-corrected chi connectivity index (χ1v) is 5.74. The van der Waals surface area contributed by atoms with E-state index < -0.39 is 24.6 Å². The molecule has 0 radical (unpaired) electrons. The summed E-state index contributed by atoms with van der Waals surface area (Å²) in [6, 6.07) is 0. The van der Waals surface area contributed by atoms with Crippen LogP contribution in [0.3, 0.4) is 0 Å². The fourth-order valence-electron chi connectivity index (χ4n) is 1.34. The van der Waals surface area contributed by atoms with E-state index in [2.05, 4.69) is 0 Å². The first kappa shape index (κ1) is 12.6. The highest BCUT2D eigenvalue weighted by Gasteiger charge is 2.43. The highest BCUT2D eigenvalue weighted by Crippen LogP contribution is 2.27. The minimum absolute atomic E-state index is 0.193. The van der Waals surface area contributed by atoms with Crippen molar-refractivity contribution in [2.24, 2.45) is 0 Å². The number of rotatable bonds is 3. The zero-order valence-corrected chi connectivity index (χ0v) is 9.99. The molecule has 84 valence electrons. The number of halogens is 1. The Kier molecular flexibility index (Phi) is 5.01. The Morgan fingerprint density at radius 1 is 1.36 bits per heavy atom. The summed E-state index contributed by atoms with van der Waals surface area (Å²) in [7, 11) is 0. The fourth-order valence-corrected chi connectivity index (χ4v) is 2.17. The standard InChI is InChI=1S/C8H15IO5/c1-2-13-8-7(12)6(11)5(9)4(3-10)14-8/h4-8,10-12H,2-3H2,1H3/t4-,5-,6+,7-,8?/m1/s1/i9-4. The summed E-state index contributed by atoms with van der Waals surface area (Å²) in [6.45, 7) is 1.96. The zero-order chi connectivity index (χ0) is 10.7. The molecule has 0 aromatic heterocycles. The van der Waals surface area contributed by atoms with Gasteiger partial charge in [0, 0.05) is 6.61 Å². The molecular weight excluding hydrogens is 299 g/mol. The van der Waals surface area contributed by atoms with Gasteiger partial charge in [0.25, 0.3) is 0 Å². The third-order valence-corrected chi connectivity index (χ3v) is 3.67. The third-order valence-electron chi connectivity index (χ3n) is 2.13. The van der Waals surface area contributed by atoms with Crippen LogP contribution in [0.2, 0.25) is 0 Å². The van der Waals surface area contributed by atoms with Crippen LogP contribution in [0.5, 0.6) is 0 Å². The topological polar surface area (TPSA) is 79.2 Å². The Bertz CT molecular complexity index is 175. The number of ether oxygens (including phenoxy) is 2. The Labute approximate surface area is 96.2 Å². The fraction of sp³-hybridized carbons (Fsp3) is 1.00. The molecule has 1 heterocycles. The van der Waals surface area contributed by atoms with Crippen LogP contribution >= 0.6 is 22.6 Å². The molecule has 0 aromatic rings. The van der Waals surface area contributed by atoms with Gasteiger partial charge in [-0.3, -0.25) is 0 Å².